The smallest absolute Gasteiger partial charge is 0.267 e. The first kappa shape index (κ1) is 27.4. The Morgan fingerprint density at radius 2 is 1.85 bits per heavy atom. The summed E-state index contributed by atoms with van der Waals surface area (Å²) in [6, 6.07) is 10.5. The van der Waals surface area contributed by atoms with E-state index >= 15 is 0 Å². The number of anilines is 1. The van der Waals surface area contributed by atoms with Gasteiger partial charge in [0, 0.05) is 12.7 Å². The number of fused-ring (bicyclic) bond motifs is 1. The molecule has 0 saturated heterocycles. The number of aryl methyl sites for hydroxylation is 2. The minimum Gasteiger partial charge on any atom is -0.455 e. The molecule has 0 spiro atoms. The van der Waals surface area contributed by atoms with Crippen molar-refractivity contribution in [1.82, 2.24) is 14.9 Å². The highest BCUT2D eigenvalue weighted by Gasteiger charge is 2.20. The summed E-state index contributed by atoms with van der Waals surface area (Å²) in [4.78, 5) is 28.3. The number of amides is 1. The summed E-state index contributed by atoms with van der Waals surface area (Å²) in [5.74, 6) is -0.427. The number of sulfonamides is 1. The lowest BCUT2D eigenvalue weighted by molar-refractivity contribution is 0.0951. The Hall–Kier alpha value is -4.63. The fourth-order valence-electron chi connectivity index (χ4n) is 4.13. The molecule has 0 saturated carbocycles. The molecule has 12 heteroatoms. The average Bonchev–Trinajstić information content (AvgIpc) is 3.33. The number of ether oxygens (including phenoxy) is 1. The van der Waals surface area contributed by atoms with Crippen LogP contribution in [-0.2, 0) is 10.0 Å². The van der Waals surface area contributed by atoms with Gasteiger partial charge in [-0.1, -0.05) is 0 Å². The van der Waals surface area contributed by atoms with Gasteiger partial charge in [0.1, 0.15) is 34.4 Å². The van der Waals surface area contributed by atoms with Crippen LogP contribution >= 0.6 is 0 Å². The molecule has 1 amide bonds. The van der Waals surface area contributed by atoms with Crippen molar-refractivity contribution in [3.8, 4) is 23.3 Å². The van der Waals surface area contributed by atoms with Gasteiger partial charge in [-0.2, -0.15) is 5.26 Å². The molecule has 202 valence electrons. The number of halogens is 1. The number of aromatic amines is 1. The lowest BCUT2D eigenvalue weighted by atomic mass is 10.1. The molecule has 3 N–H and O–H groups in total. The number of hydrogen-bond donors (Lipinski definition) is 3. The predicted molar refractivity (Wildman–Crippen MR) is 146 cm³/mol. The second-order valence-electron chi connectivity index (χ2n) is 8.82. The van der Waals surface area contributed by atoms with Gasteiger partial charge in [-0.05, 0) is 75.2 Å². The van der Waals surface area contributed by atoms with Crippen LogP contribution < -0.4 is 20.2 Å². The lowest BCUT2D eigenvalue weighted by Gasteiger charge is -2.19. The van der Waals surface area contributed by atoms with Crippen molar-refractivity contribution in [2.45, 2.75) is 27.7 Å². The summed E-state index contributed by atoms with van der Waals surface area (Å²) >= 11 is 0. The fraction of sp³-hybridized carbons (Fsp3) is 0.222. The number of aromatic nitrogens is 2. The lowest BCUT2D eigenvalue weighted by Crippen LogP contribution is -2.22. The number of nitrogens with zero attached hydrogens (tertiary/aromatic N) is 2. The summed E-state index contributed by atoms with van der Waals surface area (Å²) in [5, 5.41) is 12.3. The van der Waals surface area contributed by atoms with E-state index in [2.05, 4.69) is 15.0 Å². The van der Waals surface area contributed by atoms with E-state index in [0.29, 0.717) is 23.4 Å². The van der Waals surface area contributed by atoms with Crippen LogP contribution in [0.1, 0.15) is 41.0 Å². The highest BCUT2D eigenvalue weighted by molar-refractivity contribution is 7.92. The monoisotopic (exact) mass is 551 g/mol. The number of H-pyrrole nitrogens is 1. The van der Waals surface area contributed by atoms with Crippen LogP contribution in [0, 0.1) is 31.0 Å². The first-order valence-corrected chi connectivity index (χ1v) is 13.7. The molecule has 2 heterocycles. The van der Waals surface area contributed by atoms with Crippen molar-refractivity contribution >= 4 is 32.7 Å². The van der Waals surface area contributed by atoms with Crippen molar-refractivity contribution in [3.05, 3.63) is 81.0 Å². The number of benzene rings is 2. The van der Waals surface area contributed by atoms with Gasteiger partial charge in [0.05, 0.1) is 22.6 Å². The summed E-state index contributed by atoms with van der Waals surface area (Å²) in [6.07, 6.45) is 1.30. The number of pyridine rings is 1. The van der Waals surface area contributed by atoms with Gasteiger partial charge < -0.3 is 19.6 Å². The normalized spacial score (nSPS) is 11.3. The van der Waals surface area contributed by atoms with Gasteiger partial charge >= 0.3 is 0 Å². The summed E-state index contributed by atoms with van der Waals surface area (Å²) in [7, 11) is -3.64. The highest BCUT2D eigenvalue weighted by Crippen LogP contribution is 2.36. The van der Waals surface area contributed by atoms with Crippen LogP contribution in [0.5, 0.6) is 11.5 Å². The molecule has 0 aliphatic rings. The molecular formula is C27H26FN5O5S. The SMILES string of the molecule is CCNC(=O)c1cc2c([nH]1)c(=O)c(C#N)cn2-c1cc(NS(=O)(=O)CC)ccc1Oc1c(C)cc(F)cc1C. The van der Waals surface area contributed by atoms with E-state index in [1.165, 1.54) is 54.1 Å². The maximum Gasteiger partial charge on any atom is 0.267 e. The zero-order valence-corrected chi connectivity index (χ0v) is 22.5. The third-order valence-corrected chi connectivity index (χ3v) is 7.30. The summed E-state index contributed by atoms with van der Waals surface area (Å²) in [5.41, 5.74) is 1.07. The van der Waals surface area contributed by atoms with Crippen LogP contribution in [0.3, 0.4) is 0 Å². The van der Waals surface area contributed by atoms with Crippen LogP contribution in [0.4, 0.5) is 10.1 Å². The van der Waals surface area contributed by atoms with E-state index in [4.69, 9.17) is 4.74 Å². The molecule has 4 rings (SSSR count). The number of nitriles is 1. The second-order valence-corrected chi connectivity index (χ2v) is 10.8. The quantitative estimate of drug-likeness (QED) is 0.298. The van der Waals surface area contributed by atoms with Gasteiger partial charge in [0.25, 0.3) is 5.91 Å². The minimum absolute atomic E-state index is 0.00920. The zero-order chi connectivity index (χ0) is 28.5. The van der Waals surface area contributed by atoms with Crippen molar-refractivity contribution in [3.63, 3.8) is 0 Å². The van der Waals surface area contributed by atoms with Gasteiger partial charge in [-0.3, -0.25) is 14.3 Å². The third-order valence-electron chi connectivity index (χ3n) is 6.00. The number of rotatable bonds is 8. The molecule has 2 aromatic carbocycles. The Morgan fingerprint density at radius 3 is 2.46 bits per heavy atom. The topological polar surface area (TPSA) is 146 Å². The molecule has 0 aliphatic heterocycles. The Balaban J connectivity index is 2.01. The maximum atomic E-state index is 13.9. The van der Waals surface area contributed by atoms with Crippen LogP contribution in [0.2, 0.25) is 0 Å². The Morgan fingerprint density at radius 1 is 1.15 bits per heavy atom. The van der Waals surface area contributed by atoms with Gasteiger partial charge in [-0.15, -0.1) is 0 Å². The third kappa shape index (κ3) is 5.49. The molecule has 0 bridgehead atoms. The van der Waals surface area contributed by atoms with Crippen LogP contribution in [0.25, 0.3) is 16.7 Å². The predicted octanol–water partition coefficient (Wildman–Crippen LogP) is 4.25. The number of carbonyl (C=O) groups is 1. The molecule has 2 aromatic heterocycles. The molecular weight excluding hydrogens is 525 g/mol. The second kappa shape index (κ2) is 10.6. The van der Waals surface area contributed by atoms with E-state index in [1.807, 2.05) is 6.07 Å². The first-order chi connectivity index (χ1) is 18.5. The molecule has 0 atom stereocenters. The van der Waals surface area contributed by atoms with Gasteiger partial charge in [0.2, 0.25) is 15.5 Å². The molecule has 0 aliphatic carbocycles. The number of nitrogens with one attached hydrogen (secondary N) is 3. The van der Waals surface area contributed by atoms with Crippen molar-refractivity contribution in [1.29, 1.82) is 5.26 Å². The largest absolute Gasteiger partial charge is 0.455 e. The van der Waals surface area contributed by atoms with Gasteiger partial charge in [0.15, 0.2) is 5.75 Å². The van der Waals surface area contributed by atoms with Crippen molar-refractivity contribution < 1.29 is 22.3 Å². The Kier molecular flexibility index (Phi) is 7.47. The molecule has 39 heavy (non-hydrogen) atoms. The van der Waals surface area contributed by atoms with E-state index in [9.17, 15) is 27.7 Å². The van der Waals surface area contributed by atoms with Crippen molar-refractivity contribution in [2.24, 2.45) is 0 Å². The maximum absolute atomic E-state index is 13.9. The van der Waals surface area contributed by atoms with Crippen LogP contribution in [-0.4, -0.2) is 36.2 Å². The first-order valence-electron chi connectivity index (χ1n) is 12.0. The fourth-order valence-corrected chi connectivity index (χ4v) is 4.76. The molecule has 0 radical (unpaired) electrons. The van der Waals surface area contributed by atoms with E-state index < -0.39 is 27.2 Å². The van der Waals surface area contributed by atoms with E-state index in [0.717, 1.165) is 0 Å². The minimum atomic E-state index is -3.64. The molecule has 0 unspecified atom stereocenters. The highest BCUT2D eigenvalue weighted by atomic mass is 32.2. The Bertz CT molecular complexity index is 1800. The Labute approximate surface area is 224 Å². The molecule has 4 aromatic rings. The van der Waals surface area contributed by atoms with Crippen LogP contribution in [0.15, 0.2) is 47.4 Å². The summed E-state index contributed by atoms with van der Waals surface area (Å²) < 4.78 is 48.7. The van der Waals surface area contributed by atoms with E-state index in [-0.39, 0.29) is 45.2 Å². The summed E-state index contributed by atoms with van der Waals surface area (Å²) in [6.45, 7) is 6.97. The average molecular weight is 552 g/mol. The van der Waals surface area contributed by atoms with E-state index in [1.54, 1.807) is 20.8 Å². The molecule has 0 fully saturated rings. The number of carbonyl (C=O) groups excluding carboxylic acids is 1. The standard InChI is InChI=1S/C27H26FN5O5S/c1-5-30-27(35)20-12-22-24(31-20)25(34)17(13-29)14-33(22)21-11-19(32-39(36,37)6-2)7-8-23(21)38-26-15(3)9-18(28)10-16(26)4/h7-12,14,31-32H,5-6H2,1-4H3,(H,30,35). The van der Waals surface area contributed by atoms with Gasteiger partial charge in [-0.25, -0.2) is 12.8 Å². The van der Waals surface area contributed by atoms with Crippen molar-refractivity contribution in [2.75, 3.05) is 17.0 Å². The molecule has 10 nitrogen and oxygen atoms in total. The zero-order valence-electron chi connectivity index (χ0n) is 21.7. The number of hydrogen-bond acceptors (Lipinski definition) is 6.